The molecule has 3 nitrogen and oxygen atoms in total. The van der Waals surface area contributed by atoms with E-state index in [1.807, 2.05) is 37.3 Å². The van der Waals surface area contributed by atoms with Crippen LogP contribution >= 0.6 is 15.9 Å². The Morgan fingerprint density at radius 1 is 1.12 bits per heavy atom. The molecule has 0 N–H and O–H groups in total. The molecule has 0 saturated heterocycles. The summed E-state index contributed by atoms with van der Waals surface area (Å²) in [4.78, 5) is 8.76. The summed E-state index contributed by atoms with van der Waals surface area (Å²) < 4.78 is 5.99. The number of ether oxygens (including phenoxy) is 1. The summed E-state index contributed by atoms with van der Waals surface area (Å²) in [5.74, 6) is 1.24. The molecule has 82 valence electrons. The maximum Gasteiger partial charge on any atom is 0.231 e. The number of aromatic nitrogens is 2. The minimum absolute atomic E-state index is 0.561. The molecule has 0 unspecified atom stereocenters. The Balaban J connectivity index is 2.55. The van der Waals surface area contributed by atoms with E-state index in [0.29, 0.717) is 11.7 Å². The van der Waals surface area contributed by atoms with Crippen molar-refractivity contribution in [2.75, 3.05) is 7.11 Å². The van der Waals surface area contributed by atoms with E-state index in [1.165, 1.54) is 0 Å². The summed E-state index contributed by atoms with van der Waals surface area (Å²) in [7, 11) is 1.60. The molecule has 4 heteroatoms. The normalized spacial score (nSPS) is 10.2. The highest BCUT2D eigenvalue weighted by Crippen LogP contribution is 2.27. The second kappa shape index (κ2) is 4.61. The predicted molar refractivity (Wildman–Crippen MR) is 66.5 cm³/mol. The van der Waals surface area contributed by atoms with Gasteiger partial charge >= 0.3 is 0 Å². The Labute approximate surface area is 103 Å². The molecule has 0 aliphatic heterocycles. The molecular weight excluding hydrogens is 268 g/mol. The first kappa shape index (κ1) is 11.1. The minimum atomic E-state index is 0.561. The highest BCUT2D eigenvalue weighted by atomic mass is 79.9. The molecule has 0 atom stereocenters. The zero-order valence-corrected chi connectivity index (χ0v) is 10.7. The predicted octanol–water partition coefficient (Wildman–Crippen LogP) is 3.22. The lowest BCUT2D eigenvalue weighted by molar-refractivity contribution is 0.394. The van der Waals surface area contributed by atoms with Crippen LogP contribution in [0.4, 0.5) is 0 Å². The van der Waals surface area contributed by atoms with Crippen LogP contribution in [0.2, 0.25) is 0 Å². The fourth-order valence-electron chi connectivity index (χ4n) is 1.38. The van der Waals surface area contributed by atoms with Crippen molar-refractivity contribution in [3.8, 4) is 17.3 Å². The van der Waals surface area contributed by atoms with Crippen LogP contribution in [0.25, 0.3) is 11.4 Å². The molecule has 2 rings (SSSR count). The molecule has 0 aliphatic carbocycles. The van der Waals surface area contributed by atoms with Gasteiger partial charge in [0.25, 0.3) is 0 Å². The third kappa shape index (κ3) is 2.07. The van der Waals surface area contributed by atoms with Gasteiger partial charge < -0.3 is 4.74 Å². The van der Waals surface area contributed by atoms with E-state index < -0.39 is 0 Å². The van der Waals surface area contributed by atoms with Gasteiger partial charge in [0.15, 0.2) is 5.82 Å². The number of nitrogens with zero attached hydrogens (tertiary/aromatic N) is 2. The Morgan fingerprint density at radius 3 is 2.44 bits per heavy atom. The van der Waals surface area contributed by atoms with Crippen molar-refractivity contribution in [2.24, 2.45) is 0 Å². The van der Waals surface area contributed by atoms with E-state index >= 15 is 0 Å². The van der Waals surface area contributed by atoms with Crippen molar-refractivity contribution in [2.45, 2.75) is 6.92 Å². The van der Waals surface area contributed by atoms with Gasteiger partial charge in [-0.05, 0) is 22.9 Å². The molecule has 0 bridgehead atoms. The van der Waals surface area contributed by atoms with E-state index in [2.05, 4.69) is 25.9 Å². The molecule has 1 aromatic carbocycles. The average Bonchev–Trinajstić information content (AvgIpc) is 2.33. The Kier molecular flexibility index (Phi) is 3.19. The van der Waals surface area contributed by atoms with E-state index in [4.69, 9.17) is 4.74 Å². The van der Waals surface area contributed by atoms with Gasteiger partial charge in [-0.3, -0.25) is 0 Å². The van der Waals surface area contributed by atoms with E-state index in [0.717, 1.165) is 15.7 Å². The topological polar surface area (TPSA) is 35.0 Å². The standard InChI is InChI=1S/C12H11BrN2O/c1-8-10(13)12(16-2)15-11(14-8)9-6-4-3-5-7-9/h3-7H,1-2H3. The molecule has 16 heavy (non-hydrogen) atoms. The van der Waals surface area contributed by atoms with Crippen LogP contribution in [0, 0.1) is 6.92 Å². The van der Waals surface area contributed by atoms with Crippen LogP contribution < -0.4 is 4.74 Å². The van der Waals surface area contributed by atoms with Crippen LogP contribution in [-0.2, 0) is 0 Å². The molecule has 2 aromatic rings. The third-order valence-corrected chi connectivity index (χ3v) is 3.12. The molecule has 0 radical (unpaired) electrons. The minimum Gasteiger partial charge on any atom is -0.480 e. The molecule has 0 aliphatic rings. The summed E-state index contributed by atoms with van der Waals surface area (Å²) >= 11 is 3.40. The molecule has 1 aromatic heterocycles. The summed E-state index contributed by atoms with van der Waals surface area (Å²) in [6.07, 6.45) is 0. The van der Waals surface area contributed by atoms with Gasteiger partial charge in [-0.2, -0.15) is 4.98 Å². The fourth-order valence-corrected chi connectivity index (χ4v) is 1.72. The van der Waals surface area contributed by atoms with Crippen molar-refractivity contribution >= 4 is 15.9 Å². The van der Waals surface area contributed by atoms with Gasteiger partial charge in [-0.25, -0.2) is 4.98 Å². The van der Waals surface area contributed by atoms with Crippen LogP contribution in [0.1, 0.15) is 5.69 Å². The van der Waals surface area contributed by atoms with Gasteiger partial charge in [0.1, 0.15) is 4.47 Å². The number of aryl methyl sites for hydroxylation is 1. The van der Waals surface area contributed by atoms with Crippen molar-refractivity contribution in [1.29, 1.82) is 0 Å². The summed E-state index contributed by atoms with van der Waals surface area (Å²) in [5, 5.41) is 0. The lowest BCUT2D eigenvalue weighted by Gasteiger charge is -2.07. The number of benzene rings is 1. The SMILES string of the molecule is COc1nc(-c2ccccc2)nc(C)c1Br. The van der Waals surface area contributed by atoms with E-state index in [1.54, 1.807) is 7.11 Å². The van der Waals surface area contributed by atoms with Crippen molar-refractivity contribution in [1.82, 2.24) is 9.97 Å². The summed E-state index contributed by atoms with van der Waals surface area (Å²) in [6, 6.07) is 9.84. The summed E-state index contributed by atoms with van der Waals surface area (Å²) in [5.41, 5.74) is 1.85. The maximum absolute atomic E-state index is 5.19. The number of halogens is 1. The molecule has 0 amide bonds. The number of hydrogen-bond acceptors (Lipinski definition) is 3. The van der Waals surface area contributed by atoms with E-state index in [9.17, 15) is 0 Å². The van der Waals surface area contributed by atoms with Crippen molar-refractivity contribution in [3.63, 3.8) is 0 Å². The number of methoxy groups -OCH3 is 1. The third-order valence-electron chi connectivity index (χ3n) is 2.21. The fraction of sp³-hybridized carbons (Fsp3) is 0.167. The van der Waals surface area contributed by atoms with Crippen LogP contribution in [-0.4, -0.2) is 17.1 Å². The monoisotopic (exact) mass is 278 g/mol. The second-order valence-corrected chi connectivity index (χ2v) is 4.11. The summed E-state index contributed by atoms with van der Waals surface area (Å²) in [6.45, 7) is 1.92. The molecule has 0 fully saturated rings. The Morgan fingerprint density at radius 2 is 1.81 bits per heavy atom. The van der Waals surface area contributed by atoms with Gasteiger partial charge in [-0.15, -0.1) is 0 Å². The molecular formula is C12H11BrN2O. The zero-order chi connectivity index (χ0) is 11.5. The van der Waals surface area contributed by atoms with Crippen molar-refractivity contribution in [3.05, 3.63) is 40.5 Å². The second-order valence-electron chi connectivity index (χ2n) is 3.32. The first-order chi connectivity index (χ1) is 7.72. The molecule has 1 heterocycles. The largest absolute Gasteiger partial charge is 0.480 e. The Hall–Kier alpha value is -1.42. The lowest BCUT2D eigenvalue weighted by atomic mass is 10.2. The highest BCUT2D eigenvalue weighted by molar-refractivity contribution is 9.10. The maximum atomic E-state index is 5.19. The van der Waals surface area contributed by atoms with E-state index in [-0.39, 0.29) is 0 Å². The lowest BCUT2D eigenvalue weighted by Crippen LogP contribution is -1.97. The smallest absolute Gasteiger partial charge is 0.231 e. The van der Waals surface area contributed by atoms with Gasteiger partial charge in [0, 0.05) is 5.56 Å². The van der Waals surface area contributed by atoms with Crippen LogP contribution in [0.15, 0.2) is 34.8 Å². The van der Waals surface area contributed by atoms with Gasteiger partial charge in [0.2, 0.25) is 5.88 Å². The van der Waals surface area contributed by atoms with Gasteiger partial charge in [0.05, 0.1) is 12.8 Å². The number of rotatable bonds is 2. The van der Waals surface area contributed by atoms with Crippen LogP contribution in [0.5, 0.6) is 5.88 Å². The van der Waals surface area contributed by atoms with Crippen LogP contribution in [0.3, 0.4) is 0 Å². The van der Waals surface area contributed by atoms with Gasteiger partial charge in [-0.1, -0.05) is 30.3 Å². The molecule has 0 saturated carbocycles. The first-order valence-corrected chi connectivity index (χ1v) is 5.65. The first-order valence-electron chi connectivity index (χ1n) is 4.86. The number of hydrogen-bond donors (Lipinski definition) is 0. The molecule has 0 spiro atoms. The van der Waals surface area contributed by atoms with Crippen molar-refractivity contribution < 1.29 is 4.74 Å². The zero-order valence-electron chi connectivity index (χ0n) is 9.07. The average molecular weight is 279 g/mol. The Bertz CT molecular complexity index is 500. The quantitative estimate of drug-likeness (QED) is 0.846. The highest BCUT2D eigenvalue weighted by Gasteiger charge is 2.10.